The third kappa shape index (κ3) is 2.73. The molecule has 3 fully saturated rings. The van der Waals surface area contributed by atoms with E-state index in [1.165, 1.54) is 12.7 Å². The number of carbonyl (C=O) groups is 2. The summed E-state index contributed by atoms with van der Waals surface area (Å²) in [5.41, 5.74) is 0.886. The number of rotatable bonds is 2. The maximum absolute atomic E-state index is 12.8. The molecule has 2 aliphatic heterocycles. The molecule has 5 atom stereocenters. The highest BCUT2D eigenvalue weighted by molar-refractivity contribution is 5.92. The number of cyclic esters (lactones) is 1. The molecule has 1 saturated heterocycles. The van der Waals surface area contributed by atoms with Crippen molar-refractivity contribution in [2.45, 2.75) is 78.6 Å². The monoisotopic (exact) mass is 374 g/mol. The Labute approximate surface area is 161 Å². The molecule has 0 aromatic carbocycles. The largest absolute Gasteiger partial charge is 0.458 e. The van der Waals surface area contributed by atoms with Gasteiger partial charge in [0.2, 0.25) is 0 Å². The molecule has 148 valence electrons. The van der Waals surface area contributed by atoms with Crippen LogP contribution in [0.1, 0.15) is 66.7 Å². The smallest absolute Gasteiger partial charge is 0.338 e. The van der Waals surface area contributed by atoms with E-state index in [0.29, 0.717) is 17.1 Å². The van der Waals surface area contributed by atoms with Crippen LogP contribution in [0, 0.1) is 22.7 Å². The summed E-state index contributed by atoms with van der Waals surface area (Å²) in [4.78, 5) is 24.3. The summed E-state index contributed by atoms with van der Waals surface area (Å²) in [7, 11) is 0. The first-order chi connectivity index (χ1) is 12.6. The van der Waals surface area contributed by atoms with Crippen LogP contribution in [0.25, 0.3) is 0 Å². The van der Waals surface area contributed by atoms with Crippen molar-refractivity contribution in [2.24, 2.45) is 22.7 Å². The van der Waals surface area contributed by atoms with Gasteiger partial charge in [0.05, 0.1) is 11.8 Å². The Morgan fingerprint density at radius 1 is 1.11 bits per heavy atom. The second-order valence-electron chi connectivity index (χ2n) is 9.91. The molecule has 0 amide bonds. The lowest BCUT2D eigenvalue weighted by molar-refractivity contribution is -0.164. The molecule has 27 heavy (non-hydrogen) atoms. The maximum atomic E-state index is 12.8. The summed E-state index contributed by atoms with van der Waals surface area (Å²) >= 11 is 0. The van der Waals surface area contributed by atoms with Crippen LogP contribution < -0.4 is 0 Å². The Morgan fingerprint density at radius 2 is 1.85 bits per heavy atom. The number of carbonyl (C=O) groups excluding carboxylic acids is 2. The second kappa shape index (κ2) is 5.86. The third-order valence-electron chi connectivity index (χ3n) is 7.61. The highest BCUT2D eigenvalue weighted by Gasteiger charge is 2.65. The lowest BCUT2D eigenvalue weighted by Gasteiger charge is -2.59. The van der Waals surface area contributed by atoms with Gasteiger partial charge in [0.15, 0.2) is 0 Å². The van der Waals surface area contributed by atoms with Crippen LogP contribution in [0.5, 0.6) is 0 Å². The van der Waals surface area contributed by atoms with Gasteiger partial charge in [-0.3, -0.25) is 0 Å². The average Bonchev–Trinajstić information content (AvgIpc) is 3.00. The molecule has 0 spiro atoms. The molecule has 0 aromatic rings. The molecule has 1 unspecified atom stereocenters. The molecule has 0 aromatic heterocycles. The van der Waals surface area contributed by atoms with Crippen molar-refractivity contribution in [3.63, 3.8) is 0 Å². The Kier molecular flexibility index (Phi) is 4.03. The van der Waals surface area contributed by atoms with Crippen LogP contribution in [0.2, 0.25) is 0 Å². The standard InChI is InChI=1S/C22H30O5/c1-13-11-16(26-18(13)23)25-12-14-17-21(4)9-6-8-20(2,3)15(21)7-10-22(17,5)27-19(14)24/h11-12,15-17H,6-10H2,1-5H3/b14-12-/t15?,16-,17-,21+,22-/m1/s1. The van der Waals surface area contributed by atoms with Crippen LogP contribution in [-0.2, 0) is 23.8 Å². The summed E-state index contributed by atoms with van der Waals surface area (Å²) in [6, 6.07) is 0. The van der Waals surface area contributed by atoms with Gasteiger partial charge in [-0.2, -0.15) is 0 Å². The van der Waals surface area contributed by atoms with Crippen molar-refractivity contribution in [1.29, 1.82) is 0 Å². The van der Waals surface area contributed by atoms with E-state index in [1.807, 2.05) is 0 Å². The van der Waals surface area contributed by atoms with E-state index >= 15 is 0 Å². The van der Waals surface area contributed by atoms with E-state index in [1.54, 1.807) is 13.0 Å². The zero-order chi connectivity index (χ0) is 19.6. The lowest BCUT2D eigenvalue weighted by Crippen LogP contribution is -2.56. The van der Waals surface area contributed by atoms with Crippen LogP contribution in [-0.4, -0.2) is 23.8 Å². The lowest BCUT2D eigenvalue weighted by atomic mass is 9.45. The maximum Gasteiger partial charge on any atom is 0.338 e. The van der Waals surface area contributed by atoms with Gasteiger partial charge < -0.3 is 14.2 Å². The molecule has 0 bridgehead atoms. The third-order valence-corrected chi connectivity index (χ3v) is 7.61. The van der Waals surface area contributed by atoms with Crippen LogP contribution in [0.3, 0.4) is 0 Å². The molecule has 5 nitrogen and oxygen atoms in total. The number of esters is 2. The van der Waals surface area contributed by atoms with Gasteiger partial charge in [0.25, 0.3) is 6.29 Å². The van der Waals surface area contributed by atoms with Crippen molar-refractivity contribution in [3.8, 4) is 0 Å². The summed E-state index contributed by atoms with van der Waals surface area (Å²) in [6.45, 7) is 10.8. The Morgan fingerprint density at radius 3 is 2.52 bits per heavy atom. The van der Waals surface area contributed by atoms with Crippen LogP contribution >= 0.6 is 0 Å². The average molecular weight is 374 g/mol. The molecule has 4 rings (SSSR count). The van der Waals surface area contributed by atoms with Crippen molar-refractivity contribution >= 4 is 11.9 Å². The van der Waals surface area contributed by atoms with Gasteiger partial charge in [-0.15, -0.1) is 0 Å². The SMILES string of the molecule is CC1=C[C@H](O/C=C2\C(=O)O[C@]3(C)CCC4C(C)(C)CCC[C@]4(C)[C@@H]23)OC1=O. The Hall–Kier alpha value is -1.78. The van der Waals surface area contributed by atoms with Gasteiger partial charge >= 0.3 is 11.9 Å². The molecule has 2 aliphatic carbocycles. The Balaban J connectivity index is 1.67. The number of ether oxygens (including phenoxy) is 3. The zero-order valence-corrected chi connectivity index (χ0v) is 17.0. The molecule has 0 N–H and O–H groups in total. The minimum Gasteiger partial charge on any atom is -0.458 e. The first-order valence-electron chi connectivity index (χ1n) is 10.1. The fourth-order valence-electron chi connectivity index (χ4n) is 6.52. The predicted molar refractivity (Wildman–Crippen MR) is 99.3 cm³/mol. The van der Waals surface area contributed by atoms with Gasteiger partial charge in [0, 0.05) is 17.6 Å². The van der Waals surface area contributed by atoms with Crippen LogP contribution in [0.15, 0.2) is 23.5 Å². The minimum absolute atomic E-state index is 0.00185. The first-order valence-corrected chi connectivity index (χ1v) is 10.1. The number of fused-ring (bicyclic) bond motifs is 3. The van der Waals surface area contributed by atoms with Gasteiger partial charge in [-0.05, 0) is 56.3 Å². The topological polar surface area (TPSA) is 61.8 Å². The van der Waals surface area contributed by atoms with E-state index in [4.69, 9.17) is 14.2 Å². The minimum atomic E-state index is -0.764. The molecule has 4 aliphatic rings. The van der Waals surface area contributed by atoms with Crippen LogP contribution in [0.4, 0.5) is 0 Å². The summed E-state index contributed by atoms with van der Waals surface area (Å²) in [5.74, 6) is -0.132. The summed E-state index contributed by atoms with van der Waals surface area (Å²) < 4.78 is 16.7. The number of hydrogen-bond acceptors (Lipinski definition) is 5. The predicted octanol–water partition coefficient (Wildman–Crippen LogP) is 4.27. The van der Waals surface area contributed by atoms with E-state index in [9.17, 15) is 9.59 Å². The van der Waals surface area contributed by atoms with Crippen molar-refractivity contribution in [2.75, 3.05) is 0 Å². The summed E-state index contributed by atoms with van der Waals surface area (Å²) in [6.07, 6.45) is 7.81. The normalized spacial score (nSPS) is 44.3. The first kappa shape index (κ1) is 18.6. The van der Waals surface area contributed by atoms with Crippen molar-refractivity contribution in [1.82, 2.24) is 0 Å². The molecule has 2 saturated carbocycles. The molecule has 5 heteroatoms. The van der Waals surface area contributed by atoms with E-state index in [2.05, 4.69) is 27.7 Å². The quantitative estimate of drug-likeness (QED) is 0.410. The van der Waals surface area contributed by atoms with Crippen molar-refractivity contribution < 1.29 is 23.8 Å². The van der Waals surface area contributed by atoms with Gasteiger partial charge in [-0.25, -0.2) is 9.59 Å². The fraction of sp³-hybridized carbons (Fsp3) is 0.727. The van der Waals surface area contributed by atoms with E-state index in [-0.39, 0.29) is 28.7 Å². The molecular formula is C22H30O5. The van der Waals surface area contributed by atoms with Gasteiger partial charge in [-0.1, -0.05) is 27.2 Å². The number of hydrogen-bond donors (Lipinski definition) is 0. The molecular weight excluding hydrogens is 344 g/mol. The fourth-order valence-corrected chi connectivity index (χ4v) is 6.52. The summed E-state index contributed by atoms with van der Waals surface area (Å²) in [5, 5.41) is 0. The highest BCUT2D eigenvalue weighted by Crippen LogP contribution is 2.66. The highest BCUT2D eigenvalue weighted by atomic mass is 16.7. The Bertz CT molecular complexity index is 748. The van der Waals surface area contributed by atoms with Crippen molar-refractivity contribution in [3.05, 3.63) is 23.5 Å². The van der Waals surface area contributed by atoms with E-state index in [0.717, 1.165) is 25.7 Å². The molecule has 0 radical (unpaired) electrons. The molecule has 2 heterocycles. The van der Waals surface area contributed by atoms with E-state index < -0.39 is 11.9 Å². The second-order valence-corrected chi connectivity index (χ2v) is 9.91. The zero-order valence-electron chi connectivity index (χ0n) is 17.0. The van der Waals surface area contributed by atoms with Gasteiger partial charge in [0.1, 0.15) is 5.60 Å².